The third-order valence-electron chi connectivity index (χ3n) is 6.01. The Morgan fingerprint density at radius 1 is 1.03 bits per heavy atom. The number of nitrogens with zero attached hydrogens (tertiary/aromatic N) is 1. The summed E-state index contributed by atoms with van der Waals surface area (Å²) >= 11 is 0. The zero-order chi connectivity index (χ0) is 22.6. The molecule has 2 amide bonds. The van der Waals surface area contributed by atoms with E-state index in [4.69, 9.17) is 4.74 Å². The maximum absolute atomic E-state index is 13.3. The van der Waals surface area contributed by atoms with Gasteiger partial charge in [0, 0.05) is 6.04 Å². The van der Waals surface area contributed by atoms with E-state index in [2.05, 4.69) is 5.32 Å². The van der Waals surface area contributed by atoms with Crippen LogP contribution in [-0.4, -0.2) is 30.4 Å². The molecule has 31 heavy (non-hydrogen) atoms. The molecule has 0 aliphatic carbocycles. The molecule has 0 unspecified atom stereocenters. The maximum atomic E-state index is 13.3. The first-order valence-corrected chi connectivity index (χ1v) is 9.55. The van der Waals surface area contributed by atoms with Gasteiger partial charge in [0.1, 0.15) is 5.54 Å². The second kappa shape index (κ2) is 7.19. The summed E-state index contributed by atoms with van der Waals surface area (Å²) in [5.41, 5.74) is -1.62. The molecule has 2 heterocycles. The van der Waals surface area contributed by atoms with Crippen LogP contribution in [0.3, 0.4) is 0 Å². The van der Waals surface area contributed by atoms with Crippen molar-refractivity contribution < 1.29 is 32.3 Å². The van der Waals surface area contributed by atoms with Crippen LogP contribution in [0, 0.1) is 11.8 Å². The van der Waals surface area contributed by atoms with Crippen molar-refractivity contribution >= 4 is 23.5 Å². The van der Waals surface area contributed by atoms with Crippen LogP contribution in [0.15, 0.2) is 54.6 Å². The number of nitrogens with one attached hydrogen (secondary N) is 1. The van der Waals surface area contributed by atoms with Crippen LogP contribution in [-0.2, 0) is 25.3 Å². The largest absolute Gasteiger partial charge is 0.468 e. The third kappa shape index (κ3) is 3.20. The summed E-state index contributed by atoms with van der Waals surface area (Å²) in [5, 5.41) is 3.00. The minimum absolute atomic E-state index is 0.366. The minimum Gasteiger partial charge on any atom is -0.468 e. The zero-order valence-electron chi connectivity index (χ0n) is 16.6. The van der Waals surface area contributed by atoms with E-state index in [0.29, 0.717) is 11.3 Å². The van der Waals surface area contributed by atoms with Crippen molar-refractivity contribution in [2.45, 2.75) is 24.7 Å². The fourth-order valence-corrected chi connectivity index (χ4v) is 4.54. The number of benzene rings is 2. The molecule has 162 valence electrons. The van der Waals surface area contributed by atoms with Gasteiger partial charge < -0.3 is 4.74 Å². The average Bonchev–Trinajstić information content (AvgIpc) is 3.21. The van der Waals surface area contributed by atoms with Crippen LogP contribution in [0.2, 0.25) is 0 Å². The van der Waals surface area contributed by atoms with Crippen LogP contribution in [0.1, 0.15) is 24.1 Å². The quantitative estimate of drug-likeness (QED) is 0.596. The molecule has 4 rings (SSSR count). The van der Waals surface area contributed by atoms with Crippen LogP contribution < -0.4 is 10.2 Å². The van der Waals surface area contributed by atoms with Gasteiger partial charge in [-0.3, -0.25) is 19.7 Å². The molecule has 2 fully saturated rings. The predicted molar refractivity (Wildman–Crippen MR) is 104 cm³/mol. The van der Waals surface area contributed by atoms with E-state index < -0.39 is 52.9 Å². The Bertz CT molecular complexity index is 1040. The van der Waals surface area contributed by atoms with Crippen molar-refractivity contribution in [2.24, 2.45) is 11.8 Å². The van der Waals surface area contributed by atoms with Gasteiger partial charge >= 0.3 is 12.1 Å². The lowest BCUT2D eigenvalue weighted by Crippen LogP contribution is -2.54. The molecule has 9 heteroatoms. The SMILES string of the molecule is COC(=O)[C@]1(C)N[C@H](c2ccc(C(F)(F)F)cc2)[C@@H]2C(=O)N(c3ccccc3)C(=O)[C@@H]21. The number of hydrogen-bond donors (Lipinski definition) is 1. The number of carbonyl (C=O) groups is 3. The molecule has 0 aromatic heterocycles. The topological polar surface area (TPSA) is 75.7 Å². The van der Waals surface area contributed by atoms with E-state index >= 15 is 0 Å². The van der Waals surface area contributed by atoms with Crippen LogP contribution >= 0.6 is 0 Å². The number of esters is 1. The van der Waals surface area contributed by atoms with Crippen LogP contribution in [0.4, 0.5) is 18.9 Å². The summed E-state index contributed by atoms with van der Waals surface area (Å²) in [5.74, 6) is -3.86. The van der Waals surface area contributed by atoms with Crippen molar-refractivity contribution in [3.8, 4) is 0 Å². The molecule has 2 aromatic carbocycles. The molecular weight excluding hydrogens is 413 g/mol. The van der Waals surface area contributed by atoms with E-state index in [0.717, 1.165) is 17.0 Å². The number of rotatable bonds is 3. The molecule has 2 saturated heterocycles. The fourth-order valence-electron chi connectivity index (χ4n) is 4.54. The minimum atomic E-state index is -4.51. The highest BCUT2D eigenvalue weighted by molar-refractivity contribution is 6.24. The summed E-state index contributed by atoms with van der Waals surface area (Å²) in [6, 6.07) is 11.8. The summed E-state index contributed by atoms with van der Waals surface area (Å²) in [6.45, 7) is 1.47. The van der Waals surface area contributed by atoms with Crippen molar-refractivity contribution in [1.29, 1.82) is 0 Å². The van der Waals surface area contributed by atoms with Gasteiger partial charge in [-0.25, -0.2) is 4.90 Å². The molecule has 2 aliphatic rings. The molecule has 1 N–H and O–H groups in total. The second-order valence-electron chi connectivity index (χ2n) is 7.79. The molecule has 4 atom stereocenters. The van der Waals surface area contributed by atoms with Crippen molar-refractivity contribution in [2.75, 3.05) is 12.0 Å². The summed E-state index contributed by atoms with van der Waals surface area (Å²) in [4.78, 5) is 40.3. The maximum Gasteiger partial charge on any atom is 0.416 e. The standard InChI is InChI=1S/C22H19F3N2O4/c1-21(20(30)31-2)16-15(18(28)27(19(16)29)14-6-4-3-5-7-14)17(26-21)12-8-10-13(11-9-12)22(23,24)25/h3-11,15-17,26H,1-2H3/t15-,16-,17-,21-/m1/s1. The van der Waals surface area contributed by atoms with E-state index in [1.807, 2.05) is 0 Å². The van der Waals surface area contributed by atoms with E-state index in [9.17, 15) is 27.6 Å². The van der Waals surface area contributed by atoms with Gasteiger partial charge in [0.25, 0.3) is 0 Å². The zero-order valence-corrected chi connectivity index (χ0v) is 16.6. The normalized spacial score (nSPS) is 28.0. The molecule has 0 bridgehead atoms. The first-order valence-electron chi connectivity index (χ1n) is 9.55. The molecule has 0 spiro atoms. The summed E-state index contributed by atoms with van der Waals surface area (Å²) in [6.07, 6.45) is -4.51. The lowest BCUT2D eigenvalue weighted by Gasteiger charge is -2.28. The Morgan fingerprint density at radius 3 is 2.19 bits per heavy atom. The average molecular weight is 432 g/mol. The number of carbonyl (C=O) groups excluding carboxylic acids is 3. The lowest BCUT2D eigenvalue weighted by atomic mass is 9.80. The predicted octanol–water partition coefficient (Wildman–Crippen LogP) is 3.09. The Labute approximate surface area is 176 Å². The number of alkyl halides is 3. The van der Waals surface area contributed by atoms with Crippen LogP contribution in [0.5, 0.6) is 0 Å². The van der Waals surface area contributed by atoms with Gasteiger partial charge in [-0.2, -0.15) is 13.2 Å². The number of methoxy groups -OCH3 is 1. The number of para-hydroxylation sites is 1. The number of halogens is 3. The number of fused-ring (bicyclic) bond motifs is 1. The first kappa shape index (κ1) is 21.0. The van der Waals surface area contributed by atoms with Crippen molar-refractivity contribution in [3.05, 3.63) is 65.7 Å². The van der Waals surface area contributed by atoms with Gasteiger partial charge in [0.2, 0.25) is 11.8 Å². The van der Waals surface area contributed by atoms with Gasteiger partial charge in [-0.1, -0.05) is 30.3 Å². The summed E-state index contributed by atoms with van der Waals surface area (Å²) in [7, 11) is 1.17. The van der Waals surface area contributed by atoms with Crippen molar-refractivity contribution in [1.82, 2.24) is 5.32 Å². The Hall–Kier alpha value is -3.20. The number of imide groups is 1. The molecule has 0 saturated carbocycles. The molecule has 6 nitrogen and oxygen atoms in total. The molecule has 2 aromatic rings. The molecule has 2 aliphatic heterocycles. The number of hydrogen-bond acceptors (Lipinski definition) is 5. The fraction of sp³-hybridized carbons (Fsp3) is 0.318. The van der Waals surface area contributed by atoms with Gasteiger partial charge in [0.15, 0.2) is 0 Å². The third-order valence-corrected chi connectivity index (χ3v) is 6.01. The van der Waals surface area contributed by atoms with Gasteiger partial charge in [-0.15, -0.1) is 0 Å². The van der Waals surface area contributed by atoms with Gasteiger partial charge in [0.05, 0.1) is 30.2 Å². The Morgan fingerprint density at radius 2 is 1.65 bits per heavy atom. The second-order valence-corrected chi connectivity index (χ2v) is 7.79. The van der Waals surface area contributed by atoms with E-state index in [1.54, 1.807) is 30.3 Å². The monoisotopic (exact) mass is 432 g/mol. The van der Waals surface area contributed by atoms with Gasteiger partial charge in [-0.05, 0) is 36.8 Å². The van der Waals surface area contributed by atoms with Crippen molar-refractivity contribution in [3.63, 3.8) is 0 Å². The first-order chi connectivity index (χ1) is 14.6. The molecular formula is C22H19F3N2O4. The highest BCUT2D eigenvalue weighted by Crippen LogP contribution is 2.50. The lowest BCUT2D eigenvalue weighted by molar-refractivity contribution is -0.151. The number of amides is 2. The Balaban J connectivity index is 1.79. The highest BCUT2D eigenvalue weighted by Gasteiger charge is 2.67. The number of anilines is 1. The van der Waals surface area contributed by atoms with E-state index in [-0.39, 0.29) is 0 Å². The highest BCUT2D eigenvalue weighted by atomic mass is 19.4. The summed E-state index contributed by atoms with van der Waals surface area (Å²) < 4.78 is 43.8. The number of ether oxygens (including phenoxy) is 1. The Kier molecular flexibility index (Phi) is 4.88. The smallest absolute Gasteiger partial charge is 0.416 e. The van der Waals surface area contributed by atoms with E-state index in [1.165, 1.54) is 26.2 Å². The molecule has 0 radical (unpaired) electrons. The van der Waals surface area contributed by atoms with Crippen LogP contribution in [0.25, 0.3) is 0 Å².